The molecule has 53 heavy (non-hydrogen) atoms. The zero-order valence-electron chi connectivity index (χ0n) is 34.6. The molecule has 0 bridgehead atoms. The molecule has 3 atom stereocenters. The number of rotatable bonds is 39. The monoisotopic (exact) mass is 772 g/mol. The maximum atomic E-state index is 12.8. The standard InChI is InChI=1S/C43H81NO8S/c1-5-7-9-11-13-15-17-19-21-23-25-27-29-31-40(46)51-34-38(36-53-35-37(3)42(48)44-39(33-45)43(49)50-4)52-41(47)32-30-28-26-24-22-20-18-16-14-12-10-8-6-2/h37-39,45H,5-36H2,1-4H3,(H,44,48)/t37-,38+,39-/m0/s1. The Kier molecular flexibility index (Phi) is 37.2. The van der Waals surface area contributed by atoms with Crippen LogP contribution < -0.4 is 5.32 Å². The van der Waals surface area contributed by atoms with E-state index in [1.54, 1.807) is 6.92 Å². The van der Waals surface area contributed by atoms with Crippen LogP contribution in [0.25, 0.3) is 0 Å². The molecular formula is C43H81NO8S. The van der Waals surface area contributed by atoms with Crippen LogP contribution in [-0.2, 0) is 33.4 Å². The fourth-order valence-electron chi connectivity index (χ4n) is 6.28. The SMILES string of the molecule is CCCCCCCCCCCCCCCC(=O)OC[C@H](CSC[C@H](C)C(=O)N[C@@H](CO)C(=O)OC)OC(=O)CCCCCCCCCCCCCCC. The molecule has 0 unspecified atom stereocenters. The second-order valence-electron chi connectivity index (χ2n) is 15.0. The number of esters is 3. The molecule has 0 heterocycles. The van der Waals surface area contributed by atoms with Gasteiger partial charge in [0.15, 0.2) is 6.04 Å². The van der Waals surface area contributed by atoms with Crippen LogP contribution in [0.15, 0.2) is 0 Å². The number of ether oxygens (including phenoxy) is 3. The number of methoxy groups -OCH3 is 1. The van der Waals surface area contributed by atoms with Gasteiger partial charge in [-0.05, 0) is 12.8 Å². The van der Waals surface area contributed by atoms with Crippen LogP contribution in [-0.4, -0.2) is 72.9 Å². The number of hydrogen-bond donors (Lipinski definition) is 2. The van der Waals surface area contributed by atoms with Gasteiger partial charge in [-0.25, -0.2) is 4.79 Å². The van der Waals surface area contributed by atoms with Gasteiger partial charge in [-0.1, -0.05) is 175 Å². The maximum Gasteiger partial charge on any atom is 0.330 e. The van der Waals surface area contributed by atoms with E-state index in [0.29, 0.717) is 24.3 Å². The summed E-state index contributed by atoms with van der Waals surface area (Å²) in [5.41, 5.74) is 0. The largest absolute Gasteiger partial charge is 0.467 e. The van der Waals surface area contributed by atoms with E-state index < -0.39 is 30.6 Å². The van der Waals surface area contributed by atoms with Crippen molar-refractivity contribution in [2.24, 2.45) is 5.92 Å². The van der Waals surface area contributed by atoms with Crippen LogP contribution in [0.2, 0.25) is 0 Å². The summed E-state index contributed by atoms with van der Waals surface area (Å²) in [4.78, 5) is 49.6. The van der Waals surface area contributed by atoms with Crippen molar-refractivity contribution in [3.63, 3.8) is 0 Å². The van der Waals surface area contributed by atoms with E-state index in [1.165, 1.54) is 147 Å². The zero-order chi connectivity index (χ0) is 39.2. The molecule has 0 spiro atoms. The maximum absolute atomic E-state index is 12.8. The molecule has 2 N–H and O–H groups in total. The Bertz CT molecular complexity index is 888. The normalized spacial score (nSPS) is 12.9. The smallest absolute Gasteiger partial charge is 0.330 e. The summed E-state index contributed by atoms with van der Waals surface area (Å²) in [6, 6.07) is -1.12. The third kappa shape index (κ3) is 33.3. The first-order valence-electron chi connectivity index (χ1n) is 21.7. The summed E-state index contributed by atoms with van der Waals surface area (Å²) < 4.78 is 15.9. The molecule has 0 saturated heterocycles. The highest BCUT2D eigenvalue weighted by molar-refractivity contribution is 7.99. The van der Waals surface area contributed by atoms with Crippen molar-refractivity contribution >= 4 is 35.6 Å². The third-order valence-electron chi connectivity index (χ3n) is 9.80. The summed E-state index contributed by atoms with van der Waals surface area (Å²) in [5.74, 6) is -1.38. The fraction of sp³-hybridized carbons (Fsp3) is 0.907. The van der Waals surface area contributed by atoms with Crippen molar-refractivity contribution in [3.05, 3.63) is 0 Å². The Morgan fingerprint density at radius 3 is 1.38 bits per heavy atom. The molecule has 0 aromatic rings. The van der Waals surface area contributed by atoms with Crippen molar-refractivity contribution in [2.45, 2.75) is 213 Å². The molecule has 0 radical (unpaired) electrons. The fourth-order valence-corrected chi connectivity index (χ4v) is 7.35. The number of unbranched alkanes of at least 4 members (excludes halogenated alkanes) is 24. The molecule has 0 aliphatic carbocycles. The van der Waals surface area contributed by atoms with E-state index in [2.05, 4.69) is 23.9 Å². The van der Waals surface area contributed by atoms with E-state index in [4.69, 9.17) is 9.47 Å². The molecular weight excluding hydrogens is 691 g/mol. The molecule has 0 rings (SSSR count). The summed E-state index contributed by atoms with van der Waals surface area (Å²) in [7, 11) is 1.20. The van der Waals surface area contributed by atoms with E-state index in [9.17, 15) is 24.3 Å². The van der Waals surface area contributed by atoms with E-state index in [1.807, 2.05) is 0 Å². The molecule has 10 heteroatoms. The van der Waals surface area contributed by atoms with Gasteiger partial charge in [-0.15, -0.1) is 0 Å². The minimum Gasteiger partial charge on any atom is -0.467 e. The molecule has 0 aromatic carbocycles. The minimum absolute atomic E-state index is 0.00980. The summed E-state index contributed by atoms with van der Waals surface area (Å²) >= 11 is 1.42. The number of amides is 1. The van der Waals surface area contributed by atoms with Crippen molar-refractivity contribution in [1.29, 1.82) is 0 Å². The average Bonchev–Trinajstić information content (AvgIpc) is 3.15. The highest BCUT2D eigenvalue weighted by Crippen LogP contribution is 2.17. The molecule has 1 amide bonds. The highest BCUT2D eigenvalue weighted by Gasteiger charge is 2.24. The lowest BCUT2D eigenvalue weighted by atomic mass is 10.0. The van der Waals surface area contributed by atoms with E-state index in [0.717, 1.165) is 38.5 Å². The van der Waals surface area contributed by atoms with Crippen LogP contribution in [0.5, 0.6) is 0 Å². The lowest BCUT2D eigenvalue weighted by molar-refractivity contribution is -0.157. The van der Waals surface area contributed by atoms with Gasteiger partial charge in [0.05, 0.1) is 13.7 Å². The first kappa shape index (κ1) is 51.2. The summed E-state index contributed by atoms with van der Waals surface area (Å²) in [6.45, 7) is 5.66. The molecule has 0 saturated carbocycles. The first-order chi connectivity index (χ1) is 25.8. The van der Waals surface area contributed by atoms with Crippen LogP contribution in [0.3, 0.4) is 0 Å². The minimum atomic E-state index is -1.12. The van der Waals surface area contributed by atoms with E-state index in [-0.39, 0.29) is 24.5 Å². The van der Waals surface area contributed by atoms with Gasteiger partial charge in [0.2, 0.25) is 5.91 Å². The Balaban J connectivity index is 4.49. The molecule has 312 valence electrons. The van der Waals surface area contributed by atoms with Gasteiger partial charge in [0.1, 0.15) is 12.7 Å². The molecule has 9 nitrogen and oxygen atoms in total. The van der Waals surface area contributed by atoms with Crippen molar-refractivity contribution < 1.29 is 38.5 Å². The van der Waals surface area contributed by atoms with Gasteiger partial charge in [0, 0.05) is 30.3 Å². The number of aliphatic hydroxyl groups excluding tert-OH is 1. The Morgan fingerprint density at radius 1 is 0.585 bits per heavy atom. The predicted octanol–water partition coefficient (Wildman–Crippen LogP) is 10.4. The first-order valence-corrected chi connectivity index (χ1v) is 22.9. The Labute approximate surface area is 329 Å². The predicted molar refractivity (Wildman–Crippen MR) is 219 cm³/mol. The van der Waals surface area contributed by atoms with Crippen LogP contribution in [0.1, 0.15) is 201 Å². The average molecular weight is 772 g/mol. The lowest BCUT2D eigenvalue weighted by Crippen LogP contribution is -2.46. The second-order valence-corrected chi connectivity index (χ2v) is 16.1. The molecule has 0 aromatic heterocycles. The van der Waals surface area contributed by atoms with Crippen molar-refractivity contribution in [1.82, 2.24) is 5.32 Å². The number of aliphatic hydroxyl groups is 1. The highest BCUT2D eigenvalue weighted by atomic mass is 32.2. The van der Waals surface area contributed by atoms with E-state index >= 15 is 0 Å². The zero-order valence-corrected chi connectivity index (χ0v) is 35.4. The van der Waals surface area contributed by atoms with Crippen molar-refractivity contribution in [3.8, 4) is 0 Å². The summed E-state index contributed by atoms with van der Waals surface area (Å²) in [6.07, 6.45) is 32.2. The third-order valence-corrected chi connectivity index (χ3v) is 11.1. The van der Waals surface area contributed by atoms with Gasteiger partial charge in [-0.3, -0.25) is 14.4 Å². The van der Waals surface area contributed by atoms with Crippen LogP contribution in [0, 0.1) is 5.92 Å². The number of hydrogen-bond acceptors (Lipinski definition) is 9. The molecule has 0 aliphatic rings. The Morgan fingerprint density at radius 2 is 0.981 bits per heavy atom. The topological polar surface area (TPSA) is 128 Å². The lowest BCUT2D eigenvalue weighted by Gasteiger charge is -2.20. The van der Waals surface area contributed by atoms with Crippen LogP contribution in [0.4, 0.5) is 0 Å². The van der Waals surface area contributed by atoms with Gasteiger partial charge >= 0.3 is 17.9 Å². The number of carbonyl (C=O) groups is 4. The van der Waals surface area contributed by atoms with Gasteiger partial charge < -0.3 is 24.6 Å². The Hall–Kier alpha value is -1.81. The summed E-state index contributed by atoms with van der Waals surface area (Å²) in [5, 5.41) is 11.9. The van der Waals surface area contributed by atoms with Crippen LogP contribution >= 0.6 is 11.8 Å². The molecule has 0 fully saturated rings. The van der Waals surface area contributed by atoms with Gasteiger partial charge in [-0.2, -0.15) is 11.8 Å². The number of thioether (sulfide) groups is 1. The number of nitrogens with one attached hydrogen (secondary N) is 1. The van der Waals surface area contributed by atoms with Crippen molar-refractivity contribution in [2.75, 3.05) is 31.8 Å². The van der Waals surface area contributed by atoms with Gasteiger partial charge in [0.25, 0.3) is 0 Å². The molecule has 0 aliphatic heterocycles. The number of carbonyl (C=O) groups excluding carboxylic acids is 4. The second kappa shape index (κ2) is 38.5. The quantitative estimate of drug-likeness (QED) is 0.0356.